The average Bonchev–Trinajstić information content (AvgIpc) is 3.27. The number of nitrogens with zero attached hydrogens (tertiary/aromatic N) is 5. The summed E-state index contributed by atoms with van der Waals surface area (Å²) in [5, 5.41) is 3.08. The smallest absolute Gasteiger partial charge is 0.329 e. The molecule has 6 rings (SSSR count). The summed E-state index contributed by atoms with van der Waals surface area (Å²) in [6, 6.07) is 12.1. The van der Waals surface area contributed by atoms with Gasteiger partial charge in [0.2, 0.25) is 0 Å². The minimum Gasteiger partial charge on any atom is -0.376 e. The zero-order chi connectivity index (χ0) is 24.9. The van der Waals surface area contributed by atoms with Crippen molar-refractivity contribution in [1.82, 2.24) is 15.0 Å². The molecule has 3 aliphatic rings. The van der Waals surface area contributed by atoms with Crippen molar-refractivity contribution in [3.8, 4) is 11.3 Å². The van der Waals surface area contributed by atoms with Crippen LogP contribution in [0.4, 0.5) is 22.1 Å². The highest BCUT2D eigenvalue weighted by Gasteiger charge is 2.40. The second kappa shape index (κ2) is 8.85. The highest BCUT2D eigenvalue weighted by molar-refractivity contribution is 6.04. The molecule has 0 aliphatic carbocycles. The molecule has 2 amide bonds. The molecular weight excluding hydrogens is 452 g/mol. The molecule has 2 saturated heterocycles. The highest BCUT2D eigenvalue weighted by Crippen LogP contribution is 2.41. The fourth-order valence-corrected chi connectivity index (χ4v) is 5.79. The summed E-state index contributed by atoms with van der Waals surface area (Å²) >= 11 is 0. The lowest BCUT2D eigenvalue weighted by Crippen LogP contribution is -2.48. The molecule has 2 atom stereocenters. The number of hydrogen-bond acceptors (Lipinski definition) is 6. The van der Waals surface area contributed by atoms with Crippen molar-refractivity contribution >= 4 is 23.4 Å². The van der Waals surface area contributed by atoms with E-state index in [0.717, 1.165) is 61.6 Å². The maximum Gasteiger partial charge on any atom is 0.329 e. The molecule has 8 heteroatoms. The van der Waals surface area contributed by atoms with Gasteiger partial charge in [-0.05, 0) is 87.9 Å². The predicted molar refractivity (Wildman–Crippen MR) is 141 cm³/mol. The topological polar surface area (TPSA) is 83.5 Å². The molecule has 8 nitrogen and oxygen atoms in total. The average molecular weight is 485 g/mol. The number of hydrogen-bond donors (Lipinski definition) is 1. The van der Waals surface area contributed by atoms with E-state index in [1.807, 2.05) is 36.1 Å². The Hall–Kier alpha value is -3.52. The molecule has 3 aliphatic heterocycles. The van der Waals surface area contributed by atoms with Gasteiger partial charge in [-0.15, -0.1) is 0 Å². The zero-order valence-electron chi connectivity index (χ0n) is 21.1. The van der Waals surface area contributed by atoms with Gasteiger partial charge in [-0.1, -0.05) is 0 Å². The minimum atomic E-state index is -0.185. The van der Waals surface area contributed by atoms with Gasteiger partial charge in [-0.25, -0.2) is 14.8 Å². The first-order chi connectivity index (χ1) is 17.4. The Morgan fingerprint density at radius 2 is 1.97 bits per heavy atom. The van der Waals surface area contributed by atoms with Crippen LogP contribution in [0.5, 0.6) is 0 Å². The lowest BCUT2D eigenvalue weighted by atomic mass is 9.84. The van der Waals surface area contributed by atoms with E-state index in [4.69, 9.17) is 9.72 Å². The van der Waals surface area contributed by atoms with Crippen molar-refractivity contribution in [3.05, 3.63) is 60.0 Å². The number of pyridine rings is 3. The van der Waals surface area contributed by atoms with Gasteiger partial charge in [-0.2, -0.15) is 0 Å². The van der Waals surface area contributed by atoms with E-state index in [1.54, 1.807) is 12.4 Å². The number of ether oxygens (including phenoxy) is 1. The van der Waals surface area contributed by atoms with Gasteiger partial charge < -0.3 is 9.64 Å². The number of rotatable bonds is 3. The molecule has 6 heterocycles. The summed E-state index contributed by atoms with van der Waals surface area (Å²) < 4.78 is 5.89. The largest absolute Gasteiger partial charge is 0.376 e. The van der Waals surface area contributed by atoms with E-state index < -0.39 is 0 Å². The quantitative estimate of drug-likeness (QED) is 0.554. The van der Waals surface area contributed by atoms with E-state index in [-0.39, 0.29) is 17.7 Å². The maximum absolute atomic E-state index is 13.7. The van der Waals surface area contributed by atoms with Gasteiger partial charge in [0.1, 0.15) is 5.82 Å². The predicted octanol–water partition coefficient (Wildman–Crippen LogP) is 5.15. The fourth-order valence-electron chi connectivity index (χ4n) is 5.79. The molecule has 186 valence electrons. The molecular formula is C28H32N6O2. The summed E-state index contributed by atoms with van der Waals surface area (Å²) in [5.41, 5.74) is 4.81. The van der Waals surface area contributed by atoms with Crippen LogP contribution in [0.25, 0.3) is 11.3 Å². The Morgan fingerprint density at radius 1 is 1.11 bits per heavy atom. The molecule has 0 spiro atoms. The fraction of sp³-hybridized carbons (Fsp3) is 0.429. The zero-order valence-corrected chi connectivity index (χ0v) is 21.1. The van der Waals surface area contributed by atoms with Crippen LogP contribution in [0.2, 0.25) is 0 Å². The molecule has 36 heavy (non-hydrogen) atoms. The molecule has 1 unspecified atom stereocenters. The molecule has 3 aromatic rings. The Bertz CT molecular complexity index is 1310. The third-order valence-electron chi connectivity index (χ3n) is 7.55. The standard InChI is InChI=1S/C28H32N6O2/c1-18-14-20(7-10-29-18)23-4-5-24-26(31-23)34(22-8-12-33(24)17-22)27(35)32-25-15-19(6-11-30-25)21-9-13-36-28(2,3)16-21/h4-7,10-11,14-15,21-22H,8-9,12-13,16-17H2,1-3H3,(H,30,32,35)/t21?,22-/m0/s1. The summed E-state index contributed by atoms with van der Waals surface area (Å²) in [6.07, 6.45) is 6.42. The minimum absolute atomic E-state index is 0.0823. The van der Waals surface area contributed by atoms with Crippen LogP contribution in [-0.2, 0) is 4.74 Å². The van der Waals surface area contributed by atoms with Crippen LogP contribution < -0.4 is 15.1 Å². The number of amides is 2. The SMILES string of the molecule is Cc1cc(-c2ccc3c(n2)N(C(=O)Nc2cc(C4CCOC(C)(C)C4)ccn2)[C@H]2CCN3C2)ccn1. The van der Waals surface area contributed by atoms with Crippen LogP contribution >= 0.6 is 0 Å². The molecule has 1 N–H and O–H groups in total. The monoisotopic (exact) mass is 484 g/mol. The molecule has 0 radical (unpaired) electrons. The summed E-state index contributed by atoms with van der Waals surface area (Å²) in [5.74, 6) is 1.67. The summed E-state index contributed by atoms with van der Waals surface area (Å²) in [4.78, 5) is 31.6. The number of nitrogens with one attached hydrogen (secondary N) is 1. The van der Waals surface area contributed by atoms with Gasteiger partial charge in [0, 0.05) is 43.3 Å². The molecule has 2 bridgehead atoms. The lowest BCUT2D eigenvalue weighted by Gasteiger charge is -2.36. The number of anilines is 3. The Kier molecular flexibility index (Phi) is 5.63. The van der Waals surface area contributed by atoms with Crippen LogP contribution in [0.15, 0.2) is 48.8 Å². The van der Waals surface area contributed by atoms with Gasteiger partial charge in [0.15, 0.2) is 5.82 Å². The second-order valence-electron chi connectivity index (χ2n) is 10.7. The third kappa shape index (κ3) is 4.30. The summed E-state index contributed by atoms with van der Waals surface area (Å²) in [6.45, 7) is 8.72. The summed E-state index contributed by atoms with van der Waals surface area (Å²) in [7, 11) is 0. The van der Waals surface area contributed by atoms with Gasteiger partial charge >= 0.3 is 6.03 Å². The van der Waals surface area contributed by atoms with Crippen LogP contribution in [0.3, 0.4) is 0 Å². The van der Waals surface area contributed by atoms with Crippen LogP contribution in [0, 0.1) is 6.92 Å². The Balaban J connectivity index is 1.29. The third-order valence-corrected chi connectivity index (χ3v) is 7.55. The van der Waals surface area contributed by atoms with Gasteiger partial charge in [-0.3, -0.25) is 15.2 Å². The number of aryl methyl sites for hydroxylation is 1. The van der Waals surface area contributed by atoms with Crippen molar-refractivity contribution in [3.63, 3.8) is 0 Å². The van der Waals surface area contributed by atoms with E-state index in [2.05, 4.69) is 46.2 Å². The van der Waals surface area contributed by atoms with Crippen LogP contribution in [-0.4, -0.2) is 52.3 Å². The van der Waals surface area contributed by atoms with E-state index in [0.29, 0.717) is 17.6 Å². The molecule has 0 aromatic carbocycles. The van der Waals surface area contributed by atoms with Crippen molar-refractivity contribution in [1.29, 1.82) is 0 Å². The van der Waals surface area contributed by atoms with Gasteiger partial charge in [0.05, 0.1) is 23.0 Å². The molecule has 0 saturated carbocycles. The van der Waals surface area contributed by atoms with Crippen molar-refractivity contribution in [2.75, 3.05) is 34.8 Å². The lowest BCUT2D eigenvalue weighted by molar-refractivity contribution is -0.0593. The first-order valence-electron chi connectivity index (χ1n) is 12.8. The number of fused-ring (bicyclic) bond motifs is 4. The maximum atomic E-state index is 13.7. The first kappa shape index (κ1) is 22.9. The number of carbonyl (C=O) groups is 1. The molecule has 3 aromatic heterocycles. The number of aromatic nitrogens is 3. The highest BCUT2D eigenvalue weighted by atomic mass is 16.5. The van der Waals surface area contributed by atoms with Gasteiger partial charge in [0.25, 0.3) is 0 Å². The van der Waals surface area contributed by atoms with Crippen molar-refractivity contribution < 1.29 is 9.53 Å². The normalized spacial score (nSPS) is 22.3. The second-order valence-corrected chi connectivity index (χ2v) is 10.7. The number of carbonyl (C=O) groups excluding carboxylic acids is 1. The van der Waals surface area contributed by atoms with E-state index in [9.17, 15) is 4.79 Å². The Labute approximate surface area is 211 Å². The Morgan fingerprint density at radius 3 is 2.81 bits per heavy atom. The van der Waals surface area contributed by atoms with E-state index in [1.165, 1.54) is 5.56 Å². The molecule has 2 fully saturated rings. The van der Waals surface area contributed by atoms with Crippen molar-refractivity contribution in [2.45, 2.75) is 57.6 Å². The first-order valence-corrected chi connectivity index (χ1v) is 12.8. The number of urea groups is 1. The van der Waals surface area contributed by atoms with E-state index >= 15 is 0 Å². The van der Waals surface area contributed by atoms with Crippen LogP contribution in [0.1, 0.15) is 50.3 Å². The van der Waals surface area contributed by atoms with Crippen molar-refractivity contribution in [2.24, 2.45) is 0 Å².